The molecule has 0 aromatic rings. The first-order valence-corrected chi connectivity index (χ1v) is 5.27. The summed E-state index contributed by atoms with van der Waals surface area (Å²) in [6, 6.07) is 0. The van der Waals surface area contributed by atoms with Crippen molar-refractivity contribution in [2.45, 2.75) is 0 Å². The van der Waals surface area contributed by atoms with Crippen LogP contribution in [-0.2, 0) is 0 Å². The predicted octanol–water partition coefficient (Wildman–Crippen LogP) is 1.46. The summed E-state index contributed by atoms with van der Waals surface area (Å²) < 4.78 is 2.78. The van der Waals surface area contributed by atoms with E-state index in [-0.39, 0.29) is 0 Å². The summed E-state index contributed by atoms with van der Waals surface area (Å²) in [6.07, 6.45) is 0. The molecule has 0 aromatic heterocycles. The maximum atomic E-state index is 3.91. The minimum absolute atomic E-state index is 0.561. The Labute approximate surface area is 60.6 Å². The summed E-state index contributed by atoms with van der Waals surface area (Å²) in [6.45, 7) is 7.82. The summed E-state index contributed by atoms with van der Waals surface area (Å²) in [4.78, 5) is 0. The Morgan fingerprint density at radius 2 is 1.75 bits per heavy atom. The summed E-state index contributed by atoms with van der Waals surface area (Å²) in [5.74, 6) is 2.33. The number of hydrogen-bond acceptors (Lipinski definition) is 1. The van der Waals surface area contributed by atoms with Crippen molar-refractivity contribution in [3.8, 4) is 0 Å². The molecule has 1 aliphatic heterocycles. The van der Waals surface area contributed by atoms with Crippen molar-refractivity contribution in [3.05, 3.63) is 22.1 Å². The summed E-state index contributed by atoms with van der Waals surface area (Å²) >= 11 is 2.49. The van der Waals surface area contributed by atoms with Crippen LogP contribution in [0.25, 0.3) is 0 Å². The molecule has 0 bridgehead atoms. The van der Waals surface area contributed by atoms with Crippen LogP contribution in [0, 0.1) is 0 Å². The van der Waals surface area contributed by atoms with Gasteiger partial charge in [0.2, 0.25) is 0 Å². The van der Waals surface area contributed by atoms with Gasteiger partial charge in [0.15, 0.2) is 0 Å². The molecule has 1 fully saturated rings. The first kappa shape index (κ1) is 6.47. The van der Waals surface area contributed by atoms with Crippen LogP contribution in [0.2, 0.25) is 0 Å². The van der Waals surface area contributed by atoms with Gasteiger partial charge in [-0.2, -0.15) is 0 Å². The Hall–Kier alpha value is 0.349. The van der Waals surface area contributed by atoms with Gasteiger partial charge in [-0.25, -0.2) is 0 Å². The first-order valence-electron chi connectivity index (χ1n) is 2.40. The molecule has 1 saturated heterocycles. The molecule has 1 rings (SSSR count). The van der Waals surface area contributed by atoms with Gasteiger partial charge in [0.1, 0.15) is 0 Å². The standard InChI is InChI=1S/C6H8SSe/c1-5-3-7-4-6(2)8-5/h1-4H2. The third-order valence-corrected chi connectivity index (χ3v) is 4.56. The molecule has 2 heteroatoms. The Bertz CT molecular complexity index is 114. The van der Waals surface area contributed by atoms with E-state index in [1.54, 1.807) is 0 Å². The van der Waals surface area contributed by atoms with Gasteiger partial charge < -0.3 is 0 Å². The molecular weight excluding hydrogens is 183 g/mol. The maximum absolute atomic E-state index is 3.91. The third-order valence-electron chi connectivity index (χ3n) is 0.815. The molecule has 0 aromatic carbocycles. The van der Waals surface area contributed by atoms with E-state index in [9.17, 15) is 0 Å². The van der Waals surface area contributed by atoms with Crippen LogP contribution in [0.1, 0.15) is 0 Å². The Morgan fingerprint density at radius 1 is 1.25 bits per heavy atom. The average Bonchev–Trinajstić information content (AvgIpc) is 1.64. The van der Waals surface area contributed by atoms with Crippen molar-refractivity contribution in [1.82, 2.24) is 0 Å². The number of hydrogen-bond donors (Lipinski definition) is 0. The van der Waals surface area contributed by atoms with Crippen molar-refractivity contribution in [3.63, 3.8) is 0 Å². The molecule has 0 spiro atoms. The van der Waals surface area contributed by atoms with Crippen LogP contribution in [0.15, 0.2) is 22.1 Å². The van der Waals surface area contributed by atoms with E-state index in [2.05, 4.69) is 13.2 Å². The molecular formula is C6H8SSe. The zero-order chi connectivity index (χ0) is 5.98. The quantitative estimate of drug-likeness (QED) is 0.522. The average molecular weight is 191 g/mol. The van der Waals surface area contributed by atoms with Gasteiger partial charge in [-0.3, -0.25) is 0 Å². The van der Waals surface area contributed by atoms with Gasteiger partial charge in [-0.1, -0.05) is 0 Å². The molecule has 0 unspecified atom stereocenters. The van der Waals surface area contributed by atoms with Crippen molar-refractivity contribution in [2.24, 2.45) is 0 Å². The molecule has 8 heavy (non-hydrogen) atoms. The molecule has 0 aliphatic carbocycles. The van der Waals surface area contributed by atoms with E-state index in [1.165, 1.54) is 20.4 Å². The monoisotopic (exact) mass is 192 g/mol. The van der Waals surface area contributed by atoms with Crippen LogP contribution in [0.5, 0.6) is 0 Å². The molecule has 1 aliphatic rings. The molecule has 0 nitrogen and oxygen atoms in total. The van der Waals surface area contributed by atoms with E-state index < -0.39 is 0 Å². The summed E-state index contributed by atoms with van der Waals surface area (Å²) in [5.41, 5.74) is 0. The van der Waals surface area contributed by atoms with Gasteiger partial charge in [0.05, 0.1) is 0 Å². The van der Waals surface area contributed by atoms with E-state index >= 15 is 0 Å². The molecule has 0 amide bonds. The van der Waals surface area contributed by atoms with Crippen LogP contribution in [-0.4, -0.2) is 26.5 Å². The van der Waals surface area contributed by atoms with Crippen LogP contribution in [0.3, 0.4) is 0 Å². The number of rotatable bonds is 0. The Kier molecular flexibility index (Phi) is 2.24. The van der Waals surface area contributed by atoms with Gasteiger partial charge >= 0.3 is 60.3 Å². The van der Waals surface area contributed by atoms with E-state index in [0.717, 1.165) is 0 Å². The van der Waals surface area contributed by atoms with E-state index in [0.29, 0.717) is 15.0 Å². The van der Waals surface area contributed by atoms with Gasteiger partial charge in [0, 0.05) is 0 Å². The van der Waals surface area contributed by atoms with Gasteiger partial charge in [0.25, 0.3) is 0 Å². The fourth-order valence-electron chi connectivity index (χ4n) is 0.542. The SMILES string of the molecule is C=C1CSCC(=C)[Se]1. The van der Waals surface area contributed by atoms with Gasteiger partial charge in [-0.15, -0.1) is 0 Å². The molecule has 1 heterocycles. The van der Waals surface area contributed by atoms with Crippen molar-refractivity contribution >= 4 is 26.7 Å². The van der Waals surface area contributed by atoms with Gasteiger partial charge in [-0.05, 0) is 0 Å². The zero-order valence-corrected chi connectivity index (χ0v) is 7.17. The second kappa shape index (κ2) is 2.77. The molecule has 44 valence electrons. The van der Waals surface area contributed by atoms with Crippen LogP contribution >= 0.6 is 11.8 Å². The van der Waals surface area contributed by atoms with Crippen molar-refractivity contribution < 1.29 is 0 Å². The first-order chi connectivity index (χ1) is 3.79. The topological polar surface area (TPSA) is 0 Å². The molecule has 0 radical (unpaired) electrons. The summed E-state index contributed by atoms with van der Waals surface area (Å²) in [7, 11) is 0. The normalized spacial score (nSPS) is 21.5. The van der Waals surface area contributed by atoms with E-state index in [1.807, 2.05) is 11.8 Å². The summed E-state index contributed by atoms with van der Waals surface area (Å²) in [5, 5.41) is 0. The predicted molar refractivity (Wildman–Crippen MR) is 41.4 cm³/mol. The Balaban J connectivity index is 2.45. The second-order valence-corrected chi connectivity index (χ2v) is 5.51. The fraction of sp³-hybridized carbons (Fsp3) is 0.333. The third kappa shape index (κ3) is 1.70. The number of thioether (sulfide) groups is 1. The van der Waals surface area contributed by atoms with E-state index in [4.69, 9.17) is 0 Å². The fourth-order valence-corrected chi connectivity index (χ4v) is 3.86. The van der Waals surface area contributed by atoms with Crippen LogP contribution < -0.4 is 0 Å². The molecule has 0 atom stereocenters. The molecule has 0 N–H and O–H groups in total. The van der Waals surface area contributed by atoms with Crippen LogP contribution in [0.4, 0.5) is 0 Å². The zero-order valence-electron chi connectivity index (χ0n) is 4.64. The molecule has 0 saturated carbocycles. The van der Waals surface area contributed by atoms with Crippen molar-refractivity contribution in [1.29, 1.82) is 0 Å². The minimum atomic E-state index is 0.561. The Morgan fingerprint density at radius 3 is 2.00 bits per heavy atom. The second-order valence-electron chi connectivity index (χ2n) is 1.67. The van der Waals surface area contributed by atoms with Crippen molar-refractivity contribution in [2.75, 3.05) is 11.5 Å².